The molecule has 0 bridgehead atoms. The molecule has 0 N–H and O–H groups in total. The van der Waals surface area contributed by atoms with Crippen LogP contribution in [0, 0.1) is 0 Å². The first-order valence-corrected chi connectivity index (χ1v) is 14.8. The summed E-state index contributed by atoms with van der Waals surface area (Å²) in [6.07, 6.45) is 0. The Morgan fingerprint density at radius 2 is 0.955 bits per heavy atom. The van der Waals surface area contributed by atoms with Gasteiger partial charge >= 0.3 is 0 Å². The highest BCUT2D eigenvalue weighted by Gasteiger charge is 2.16. The molecule has 0 fully saturated rings. The van der Waals surface area contributed by atoms with Crippen molar-refractivity contribution in [1.29, 1.82) is 0 Å². The van der Waals surface area contributed by atoms with Crippen LogP contribution in [-0.2, 0) is 0 Å². The van der Waals surface area contributed by atoms with Crippen LogP contribution in [-0.4, -0.2) is 4.98 Å². The van der Waals surface area contributed by atoms with Crippen molar-refractivity contribution in [2.75, 3.05) is 4.90 Å². The summed E-state index contributed by atoms with van der Waals surface area (Å²) in [7, 11) is 0. The van der Waals surface area contributed by atoms with Crippen LogP contribution in [0.15, 0.2) is 174 Å². The van der Waals surface area contributed by atoms with Gasteiger partial charge in [-0.15, -0.1) is 0 Å². The van der Waals surface area contributed by atoms with Crippen LogP contribution < -0.4 is 4.90 Å². The molecule has 0 saturated heterocycles. The van der Waals surface area contributed by atoms with E-state index in [1.807, 2.05) is 24.3 Å². The summed E-state index contributed by atoms with van der Waals surface area (Å²) >= 11 is 0. The van der Waals surface area contributed by atoms with E-state index in [2.05, 4.69) is 150 Å². The molecule has 8 rings (SSSR count). The van der Waals surface area contributed by atoms with Gasteiger partial charge in [-0.2, -0.15) is 0 Å². The van der Waals surface area contributed by atoms with E-state index in [0.29, 0.717) is 5.89 Å². The maximum absolute atomic E-state index is 6.49. The molecule has 0 atom stereocenters. The molecule has 44 heavy (non-hydrogen) atoms. The third-order valence-corrected chi connectivity index (χ3v) is 8.12. The predicted octanol–water partition coefficient (Wildman–Crippen LogP) is 11.5. The van der Waals surface area contributed by atoms with Gasteiger partial charge in [0.05, 0.1) is 0 Å². The van der Waals surface area contributed by atoms with Crippen LogP contribution >= 0.6 is 0 Å². The fourth-order valence-corrected chi connectivity index (χ4v) is 5.95. The Kier molecular flexibility index (Phi) is 6.47. The van der Waals surface area contributed by atoms with Gasteiger partial charge in [-0.05, 0) is 76.0 Å². The first-order chi connectivity index (χ1) is 21.8. The third kappa shape index (κ3) is 4.71. The number of benzene rings is 7. The SMILES string of the molecule is c1ccc(-c2ccc(N(c3ccccc3)c3ccc(-c4cccc5nc(-c6cccc7ccccc67)oc45)cc3)cc2)cc1. The minimum Gasteiger partial charge on any atom is -0.435 e. The number of fused-ring (bicyclic) bond motifs is 2. The van der Waals surface area contributed by atoms with E-state index < -0.39 is 0 Å². The second-order valence-electron chi connectivity index (χ2n) is 10.8. The molecule has 0 amide bonds. The molecule has 0 radical (unpaired) electrons. The van der Waals surface area contributed by atoms with Gasteiger partial charge in [0.25, 0.3) is 0 Å². The van der Waals surface area contributed by atoms with Gasteiger partial charge in [0.15, 0.2) is 5.58 Å². The lowest BCUT2D eigenvalue weighted by molar-refractivity contribution is 0.621. The monoisotopic (exact) mass is 564 g/mol. The molecule has 0 saturated carbocycles. The maximum Gasteiger partial charge on any atom is 0.227 e. The van der Waals surface area contributed by atoms with E-state index in [4.69, 9.17) is 9.40 Å². The average molecular weight is 565 g/mol. The molecule has 3 heteroatoms. The molecule has 0 spiro atoms. The summed E-state index contributed by atoms with van der Waals surface area (Å²) in [4.78, 5) is 7.18. The third-order valence-electron chi connectivity index (χ3n) is 8.12. The van der Waals surface area contributed by atoms with E-state index in [9.17, 15) is 0 Å². The maximum atomic E-state index is 6.49. The summed E-state index contributed by atoms with van der Waals surface area (Å²) in [5, 5.41) is 2.30. The molecule has 0 aliphatic rings. The van der Waals surface area contributed by atoms with Crippen LogP contribution in [0.1, 0.15) is 0 Å². The Balaban J connectivity index is 1.17. The summed E-state index contributed by atoms with van der Waals surface area (Å²) in [6.45, 7) is 0. The fraction of sp³-hybridized carbons (Fsp3) is 0. The Morgan fingerprint density at radius 1 is 0.409 bits per heavy atom. The van der Waals surface area contributed by atoms with Crippen molar-refractivity contribution in [2.24, 2.45) is 0 Å². The highest BCUT2D eigenvalue weighted by Crippen LogP contribution is 2.39. The fourth-order valence-electron chi connectivity index (χ4n) is 5.95. The highest BCUT2D eigenvalue weighted by molar-refractivity contribution is 5.97. The molecule has 3 nitrogen and oxygen atoms in total. The number of hydrogen-bond acceptors (Lipinski definition) is 3. The van der Waals surface area contributed by atoms with Gasteiger partial charge in [-0.3, -0.25) is 0 Å². The largest absolute Gasteiger partial charge is 0.435 e. The summed E-state index contributed by atoms with van der Waals surface area (Å²) in [5.74, 6) is 0.634. The first kappa shape index (κ1) is 25.8. The van der Waals surface area contributed by atoms with Gasteiger partial charge in [0.2, 0.25) is 5.89 Å². The van der Waals surface area contributed by atoms with Crippen molar-refractivity contribution >= 4 is 38.9 Å². The smallest absolute Gasteiger partial charge is 0.227 e. The van der Waals surface area contributed by atoms with Gasteiger partial charge in [0, 0.05) is 28.2 Å². The van der Waals surface area contributed by atoms with E-state index in [1.165, 1.54) is 16.5 Å². The first-order valence-electron chi connectivity index (χ1n) is 14.8. The quantitative estimate of drug-likeness (QED) is 0.201. The lowest BCUT2D eigenvalue weighted by atomic mass is 10.0. The molecule has 0 aliphatic carbocycles. The summed E-state index contributed by atoms with van der Waals surface area (Å²) in [6, 6.07) is 59.2. The number of aromatic nitrogens is 1. The normalized spacial score (nSPS) is 11.2. The number of oxazole rings is 1. The van der Waals surface area contributed by atoms with Crippen molar-refractivity contribution < 1.29 is 4.42 Å². The number of rotatable bonds is 6. The number of para-hydroxylation sites is 2. The zero-order chi connectivity index (χ0) is 29.3. The molecule has 1 aromatic heterocycles. The molecule has 1 heterocycles. The number of anilines is 3. The van der Waals surface area contributed by atoms with Crippen molar-refractivity contribution in [3.63, 3.8) is 0 Å². The topological polar surface area (TPSA) is 29.3 Å². The second-order valence-corrected chi connectivity index (χ2v) is 10.8. The average Bonchev–Trinajstić information content (AvgIpc) is 3.54. The van der Waals surface area contributed by atoms with Crippen LogP contribution in [0.4, 0.5) is 17.1 Å². The van der Waals surface area contributed by atoms with Crippen LogP contribution in [0.2, 0.25) is 0 Å². The van der Waals surface area contributed by atoms with Crippen molar-refractivity contribution in [3.05, 3.63) is 170 Å². The minimum atomic E-state index is 0.634. The van der Waals surface area contributed by atoms with E-state index >= 15 is 0 Å². The standard InChI is InChI=1S/C41H28N2O/c1-3-11-29(12-4-1)30-21-25-34(26-22-30)43(33-15-5-2-6-16-33)35-27-23-32(24-28-35)37-18-10-20-39-40(37)44-41(42-39)38-19-9-14-31-13-7-8-17-36(31)38/h1-28H. The van der Waals surface area contributed by atoms with Crippen LogP contribution in [0.5, 0.6) is 0 Å². The minimum absolute atomic E-state index is 0.634. The Labute approximate surface area is 256 Å². The van der Waals surface area contributed by atoms with Gasteiger partial charge in [0.1, 0.15) is 5.52 Å². The molecule has 7 aromatic carbocycles. The lowest BCUT2D eigenvalue weighted by Gasteiger charge is -2.26. The Morgan fingerprint density at radius 3 is 1.70 bits per heavy atom. The summed E-state index contributed by atoms with van der Waals surface area (Å²) < 4.78 is 6.49. The zero-order valence-corrected chi connectivity index (χ0v) is 24.0. The Bertz CT molecular complexity index is 2200. The number of hydrogen-bond donors (Lipinski definition) is 0. The number of nitrogens with zero attached hydrogens (tertiary/aromatic N) is 2. The summed E-state index contributed by atoms with van der Waals surface area (Å²) in [5.41, 5.74) is 10.4. The predicted molar refractivity (Wildman–Crippen MR) is 183 cm³/mol. The van der Waals surface area contributed by atoms with Gasteiger partial charge < -0.3 is 9.32 Å². The van der Waals surface area contributed by atoms with Gasteiger partial charge in [-0.25, -0.2) is 4.98 Å². The molecule has 8 aromatic rings. The highest BCUT2D eigenvalue weighted by atomic mass is 16.3. The molecule has 0 aliphatic heterocycles. The van der Waals surface area contributed by atoms with Gasteiger partial charge in [-0.1, -0.05) is 121 Å². The molecular weight excluding hydrogens is 536 g/mol. The second kappa shape index (κ2) is 11.0. The van der Waals surface area contributed by atoms with E-state index in [0.717, 1.165) is 50.2 Å². The molecule has 0 unspecified atom stereocenters. The Hall–Kier alpha value is -5.93. The zero-order valence-electron chi connectivity index (χ0n) is 24.0. The van der Waals surface area contributed by atoms with Crippen molar-refractivity contribution in [3.8, 4) is 33.7 Å². The van der Waals surface area contributed by atoms with Crippen molar-refractivity contribution in [2.45, 2.75) is 0 Å². The van der Waals surface area contributed by atoms with Crippen LogP contribution in [0.3, 0.4) is 0 Å². The van der Waals surface area contributed by atoms with E-state index in [-0.39, 0.29) is 0 Å². The lowest BCUT2D eigenvalue weighted by Crippen LogP contribution is -2.09. The van der Waals surface area contributed by atoms with E-state index in [1.54, 1.807) is 0 Å². The van der Waals surface area contributed by atoms with Crippen molar-refractivity contribution in [1.82, 2.24) is 4.98 Å². The molecule has 208 valence electrons. The molecular formula is C41H28N2O. The van der Waals surface area contributed by atoms with Crippen LogP contribution in [0.25, 0.3) is 55.6 Å².